The van der Waals surface area contributed by atoms with Crippen LogP contribution in [-0.2, 0) is 4.79 Å². The molecule has 84 valence electrons. The predicted octanol–water partition coefficient (Wildman–Crippen LogP) is 2.42. The van der Waals surface area contributed by atoms with E-state index in [4.69, 9.17) is 11.6 Å². The van der Waals surface area contributed by atoms with Gasteiger partial charge in [0.25, 0.3) is 0 Å². The van der Waals surface area contributed by atoms with Crippen LogP contribution in [0.15, 0.2) is 24.5 Å². The maximum absolute atomic E-state index is 11.8. The summed E-state index contributed by atoms with van der Waals surface area (Å²) in [5, 5.41) is 3.07. The summed E-state index contributed by atoms with van der Waals surface area (Å²) in [6.07, 6.45) is 8.12. The van der Waals surface area contributed by atoms with Crippen molar-refractivity contribution in [3.05, 3.63) is 29.7 Å². The van der Waals surface area contributed by atoms with E-state index in [2.05, 4.69) is 21.4 Å². The first kappa shape index (κ1) is 11.1. The van der Waals surface area contributed by atoms with Crippen molar-refractivity contribution in [2.45, 2.75) is 19.3 Å². The van der Waals surface area contributed by atoms with E-state index in [0.717, 1.165) is 19.3 Å². The van der Waals surface area contributed by atoms with Crippen molar-refractivity contribution in [3.8, 4) is 0 Å². The fourth-order valence-electron chi connectivity index (χ4n) is 1.66. The normalized spacial score (nSPS) is 19.4. The van der Waals surface area contributed by atoms with Crippen molar-refractivity contribution in [2.24, 2.45) is 5.92 Å². The van der Waals surface area contributed by atoms with Crippen molar-refractivity contribution < 1.29 is 4.79 Å². The minimum atomic E-state index is -0.000818. The Bertz CT molecular complexity index is 419. The highest BCUT2D eigenvalue weighted by molar-refractivity contribution is 6.29. The fourth-order valence-corrected chi connectivity index (χ4v) is 1.81. The van der Waals surface area contributed by atoms with Crippen LogP contribution in [0.3, 0.4) is 0 Å². The minimum absolute atomic E-state index is 0.000818. The van der Waals surface area contributed by atoms with E-state index in [-0.39, 0.29) is 11.8 Å². The molecule has 1 amide bonds. The molecule has 0 fully saturated rings. The van der Waals surface area contributed by atoms with Gasteiger partial charge in [0.1, 0.15) is 17.3 Å². The van der Waals surface area contributed by atoms with Gasteiger partial charge >= 0.3 is 0 Å². The lowest BCUT2D eigenvalue weighted by molar-refractivity contribution is -0.120. The molecule has 0 radical (unpaired) electrons. The summed E-state index contributed by atoms with van der Waals surface area (Å²) in [7, 11) is 0. The molecule has 0 aromatic carbocycles. The van der Waals surface area contributed by atoms with E-state index >= 15 is 0 Å². The molecule has 1 aliphatic rings. The molecule has 1 aromatic rings. The van der Waals surface area contributed by atoms with Gasteiger partial charge in [0.15, 0.2) is 0 Å². The highest BCUT2D eigenvalue weighted by Crippen LogP contribution is 2.20. The number of carbonyl (C=O) groups is 1. The van der Waals surface area contributed by atoms with Crippen molar-refractivity contribution in [2.75, 3.05) is 5.32 Å². The molecule has 2 rings (SSSR count). The second kappa shape index (κ2) is 5.07. The number of amides is 1. The SMILES string of the molecule is O=C(Nc1cc(Cl)ncn1)C1CC=CCC1. The molecule has 0 saturated heterocycles. The highest BCUT2D eigenvalue weighted by Gasteiger charge is 2.18. The molecular formula is C11H12ClN3O. The van der Waals surface area contributed by atoms with Gasteiger partial charge in [0, 0.05) is 12.0 Å². The van der Waals surface area contributed by atoms with Gasteiger partial charge in [-0.1, -0.05) is 23.8 Å². The molecule has 0 bridgehead atoms. The van der Waals surface area contributed by atoms with Gasteiger partial charge in [-0.05, 0) is 19.3 Å². The maximum atomic E-state index is 11.8. The number of hydrogen-bond acceptors (Lipinski definition) is 3. The van der Waals surface area contributed by atoms with Crippen LogP contribution < -0.4 is 5.32 Å². The molecule has 1 heterocycles. The summed E-state index contributed by atoms with van der Waals surface area (Å²) < 4.78 is 0. The molecular weight excluding hydrogens is 226 g/mol. The number of nitrogens with zero attached hydrogens (tertiary/aromatic N) is 2. The lowest BCUT2D eigenvalue weighted by Gasteiger charge is -2.16. The third-order valence-corrected chi connectivity index (χ3v) is 2.73. The van der Waals surface area contributed by atoms with Crippen LogP contribution in [0.25, 0.3) is 0 Å². The average Bonchev–Trinajstić information content (AvgIpc) is 2.30. The Morgan fingerprint density at radius 1 is 1.44 bits per heavy atom. The zero-order chi connectivity index (χ0) is 11.4. The lowest BCUT2D eigenvalue weighted by atomic mass is 9.94. The van der Waals surface area contributed by atoms with E-state index in [1.54, 1.807) is 0 Å². The Balaban J connectivity index is 1.99. The van der Waals surface area contributed by atoms with Crippen molar-refractivity contribution in [1.29, 1.82) is 0 Å². The minimum Gasteiger partial charge on any atom is -0.310 e. The Morgan fingerprint density at radius 2 is 2.31 bits per heavy atom. The standard InChI is InChI=1S/C11H12ClN3O/c12-9-6-10(14-7-13-9)15-11(16)8-4-2-1-3-5-8/h1-2,6-8H,3-5H2,(H,13,14,15,16). The van der Waals surface area contributed by atoms with Gasteiger partial charge < -0.3 is 5.32 Å². The Morgan fingerprint density at radius 3 is 3.00 bits per heavy atom. The van der Waals surface area contributed by atoms with Crippen LogP contribution in [0.5, 0.6) is 0 Å². The van der Waals surface area contributed by atoms with Crippen LogP contribution in [0.4, 0.5) is 5.82 Å². The van der Waals surface area contributed by atoms with Gasteiger partial charge in [-0.15, -0.1) is 0 Å². The van der Waals surface area contributed by atoms with Crippen LogP contribution in [0.1, 0.15) is 19.3 Å². The van der Waals surface area contributed by atoms with Gasteiger partial charge in [-0.25, -0.2) is 9.97 Å². The largest absolute Gasteiger partial charge is 0.310 e. The van der Waals surface area contributed by atoms with Crippen LogP contribution in [-0.4, -0.2) is 15.9 Å². The summed E-state index contributed by atoms with van der Waals surface area (Å²) in [6, 6.07) is 1.54. The monoisotopic (exact) mass is 237 g/mol. The molecule has 5 heteroatoms. The molecule has 4 nitrogen and oxygen atoms in total. The Hall–Kier alpha value is -1.42. The van der Waals surface area contributed by atoms with Gasteiger partial charge in [-0.2, -0.15) is 0 Å². The number of hydrogen-bond donors (Lipinski definition) is 1. The highest BCUT2D eigenvalue weighted by atomic mass is 35.5. The first-order valence-corrected chi connectivity index (χ1v) is 5.57. The first-order valence-electron chi connectivity index (χ1n) is 5.19. The Kier molecular flexibility index (Phi) is 3.51. The summed E-state index contributed by atoms with van der Waals surface area (Å²) >= 11 is 5.70. The van der Waals surface area contributed by atoms with E-state index < -0.39 is 0 Å². The molecule has 1 atom stereocenters. The van der Waals surface area contributed by atoms with E-state index in [1.807, 2.05) is 6.08 Å². The molecule has 0 spiro atoms. The first-order chi connectivity index (χ1) is 7.75. The lowest BCUT2D eigenvalue weighted by Crippen LogP contribution is -2.24. The summed E-state index contributed by atoms with van der Waals surface area (Å²) in [4.78, 5) is 19.5. The van der Waals surface area contributed by atoms with Gasteiger partial charge in [-0.3, -0.25) is 4.79 Å². The van der Waals surface area contributed by atoms with Crippen molar-refractivity contribution >= 4 is 23.3 Å². The molecule has 1 aromatic heterocycles. The van der Waals surface area contributed by atoms with Crippen molar-refractivity contribution in [3.63, 3.8) is 0 Å². The van der Waals surface area contributed by atoms with Crippen LogP contribution >= 0.6 is 11.6 Å². The van der Waals surface area contributed by atoms with E-state index in [9.17, 15) is 4.79 Å². The number of aromatic nitrogens is 2. The second-order valence-electron chi connectivity index (χ2n) is 3.70. The van der Waals surface area contributed by atoms with Gasteiger partial charge in [0.2, 0.25) is 5.91 Å². The van der Waals surface area contributed by atoms with E-state index in [0.29, 0.717) is 11.0 Å². The average molecular weight is 238 g/mol. The second-order valence-corrected chi connectivity index (χ2v) is 4.08. The quantitative estimate of drug-likeness (QED) is 0.635. The molecule has 1 N–H and O–H groups in total. The molecule has 0 aliphatic heterocycles. The van der Waals surface area contributed by atoms with Crippen molar-refractivity contribution in [1.82, 2.24) is 9.97 Å². The smallest absolute Gasteiger partial charge is 0.228 e. The van der Waals surface area contributed by atoms with Gasteiger partial charge in [0.05, 0.1) is 0 Å². The molecule has 0 saturated carbocycles. The molecule has 1 unspecified atom stereocenters. The predicted molar refractivity (Wildman–Crippen MR) is 62.2 cm³/mol. The van der Waals surface area contributed by atoms with E-state index in [1.165, 1.54) is 12.4 Å². The number of rotatable bonds is 2. The zero-order valence-corrected chi connectivity index (χ0v) is 9.44. The molecule has 1 aliphatic carbocycles. The van der Waals surface area contributed by atoms with Crippen LogP contribution in [0.2, 0.25) is 5.15 Å². The summed E-state index contributed by atoms with van der Waals surface area (Å²) in [5.41, 5.74) is 0. The number of allylic oxidation sites excluding steroid dienone is 2. The number of anilines is 1. The molecule has 16 heavy (non-hydrogen) atoms. The summed E-state index contributed by atoms with van der Waals surface area (Å²) in [6.45, 7) is 0. The fraction of sp³-hybridized carbons (Fsp3) is 0.364. The van der Waals surface area contributed by atoms with Crippen LogP contribution in [0, 0.1) is 5.92 Å². The number of carbonyl (C=O) groups excluding carboxylic acids is 1. The third-order valence-electron chi connectivity index (χ3n) is 2.52. The Labute approximate surface area is 98.7 Å². The maximum Gasteiger partial charge on any atom is 0.228 e. The zero-order valence-electron chi connectivity index (χ0n) is 8.69. The topological polar surface area (TPSA) is 54.9 Å². The summed E-state index contributed by atoms with van der Waals surface area (Å²) in [5.74, 6) is 0.498. The third kappa shape index (κ3) is 2.79. The number of nitrogens with one attached hydrogen (secondary N) is 1. The number of halogens is 1.